The predicted molar refractivity (Wildman–Crippen MR) is 173 cm³/mol. The second kappa shape index (κ2) is 14.7. The molecule has 8 nitrogen and oxygen atoms in total. The molecule has 0 unspecified atom stereocenters. The largest absolute Gasteiger partial charge is 0.497 e. The number of hydrogen-bond donors (Lipinski definition) is 1. The molecule has 0 saturated carbocycles. The second-order valence-electron chi connectivity index (χ2n) is 10.6. The van der Waals surface area contributed by atoms with Gasteiger partial charge in [0.1, 0.15) is 18.3 Å². The van der Waals surface area contributed by atoms with Crippen LogP contribution in [0.25, 0.3) is 0 Å². The highest BCUT2D eigenvalue weighted by Crippen LogP contribution is 2.27. The first-order chi connectivity index (χ1) is 21.1. The van der Waals surface area contributed by atoms with Crippen molar-refractivity contribution < 1.29 is 22.7 Å². The minimum Gasteiger partial charge on any atom is -0.497 e. The maximum Gasteiger partial charge on any atom is 0.264 e. The molecule has 4 rings (SSSR count). The van der Waals surface area contributed by atoms with E-state index < -0.39 is 28.5 Å². The Kier molecular flexibility index (Phi) is 10.8. The van der Waals surface area contributed by atoms with Crippen LogP contribution in [0.15, 0.2) is 108 Å². The Labute approximate surface area is 260 Å². The van der Waals surface area contributed by atoms with E-state index in [1.54, 1.807) is 36.4 Å². The minimum atomic E-state index is -4.19. The molecule has 0 spiro atoms. The lowest BCUT2D eigenvalue weighted by atomic mass is 10.0. The maximum absolute atomic E-state index is 14.4. The molecule has 44 heavy (non-hydrogen) atoms. The number of carbonyl (C=O) groups is 2. The van der Waals surface area contributed by atoms with Gasteiger partial charge in [0.15, 0.2) is 0 Å². The topological polar surface area (TPSA) is 96.0 Å². The van der Waals surface area contributed by atoms with Crippen LogP contribution in [0.5, 0.6) is 5.75 Å². The van der Waals surface area contributed by atoms with Gasteiger partial charge in [-0.1, -0.05) is 72.3 Å². The number of aryl methyl sites for hydroxylation is 2. The number of methoxy groups -OCH3 is 1. The lowest BCUT2D eigenvalue weighted by Crippen LogP contribution is -2.53. The molecule has 2 amide bonds. The lowest BCUT2D eigenvalue weighted by molar-refractivity contribution is -0.140. The first kappa shape index (κ1) is 32.3. The highest BCUT2D eigenvalue weighted by atomic mass is 32.2. The normalized spacial score (nSPS) is 11.8. The molecule has 0 saturated heterocycles. The maximum atomic E-state index is 14.4. The summed E-state index contributed by atoms with van der Waals surface area (Å²) in [5.74, 6) is -0.298. The highest BCUT2D eigenvalue weighted by molar-refractivity contribution is 7.92. The zero-order chi connectivity index (χ0) is 31.7. The van der Waals surface area contributed by atoms with Gasteiger partial charge in [0.2, 0.25) is 11.8 Å². The SMILES string of the molecule is CCNC(=O)[C@H](Cc1ccccc1)N(Cc1ccccc1C)C(=O)CN(c1ccc(C)cc1)S(=O)(=O)c1ccc(OC)cc1. The van der Waals surface area contributed by atoms with Crippen molar-refractivity contribution in [2.45, 2.75) is 44.7 Å². The summed E-state index contributed by atoms with van der Waals surface area (Å²) < 4.78 is 34.6. The number of sulfonamides is 1. The Morgan fingerprint density at radius 3 is 2.09 bits per heavy atom. The molecule has 0 fully saturated rings. The molecule has 0 radical (unpaired) electrons. The van der Waals surface area contributed by atoms with Crippen LogP contribution in [0.3, 0.4) is 0 Å². The molecule has 0 aliphatic heterocycles. The number of amides is 2. The van der Waals surface area contributed by atoms with Gasteiger partial charge in [0, 0.05) is 19.5 Å². The second-order valence-corrected chi connectivity index (χ2v) is 12.4. The van der Waals surface area contributed by atoms with Gasteiger partial charge in [-0.15, -0.1) is 0 Å². The summed E-state index contributed by atoms with van der Waals surface area (Å²) in [5.41, 5.74) is 3.99. The quantitative estimate of drug-likeness (QED) is 0.221. The fourth-order valence-corrected chi connectivity index (χ4v) is 6.35. The highest BCUT2D eigenvalue weighted by Gasteiger charge is 2.34. The molecule has 0 aliphatic carbocycles. The fraction of sp³-hybridized carbons (Fsp3) is 0.257. The molecule has 9 heteroatoms. The Balaban J connectivity index is 1.80. The third kappa shape index (κ3) is 7.85. The Morgan fingerprint density at radius 1 is 0.841 bits per heavy atom. The fourth-order valence-electron chi connectivity index (χ4n) is 4.93. The number of hydrogen-bond acceptors (Lipinski definition) is 5. The molecule has 1 N–H and O–H groups in total. The summed E-state index contributed by atoms with van der Waals surface area (Å²) in [4.78, 5) is 29.6. The Hall–Kier alpha value is -4.63. The number of nitrogens with zero attached hydrogens (tertiary/aromatic N) is 2. The van der Waals surface area contributed by atoms with E-state index in [1.165, 1.54) is 24.1 Å². The van der Waals surface area contributed by atoms with E-state index >= 15 is 0 Å². The van der Waals surface area contributed by atoms with Gasteiger partial charge in [-0.25, -0.2) is 8.42 Å². The van der Waals surface area contributed by atoms with Gasteiger partial charge in [-0.05, 0) is 73.9 Å². The molecule has 0 aromatic heterocycles. The third-order valence-corrected chi connectivity index (χ3v) is 9.26. The van der Waals surface area contributed by atoms with Gasteiger partial charge in [0.25, 0.3) is 10.0 Å². The van der Waals surface area contributed by atoms with E-state index in [9.17, 15) is 18.0 Å². The first-order valence-electron chi connectivity index (χ1n) is 14.5. The van der Waals surface area contributed by atoms with Crippen molar-refractivity contribution in [3.8, 4) is 5.75 Å². The van der Waals surface area contributed by atoms with Gasteiger partial charge < -0.3 is 15.0 Å². The zero-order valence-corrected chi connectivity index (χ0v) is 26.4. The molecule has 0 aliphatic rings. The molecule has 4 aromatic rings. The molecule has 4 aromatic carbocycles. The van der Waals surface area contributed by atoms with Gasteiger partial charge in [0.05, 0.1) is 17.7 Å². The molecular weight excluding hydrogens is 574 g/mol. The third-order valence-electron chi connectivity index (χ3n) is 7.47. The number of nitrogens with one attached hydrogen (secondary N) is 1. The van der Waals surface area contributed by atoms with Gasteiger partial charge in [-0.3, -0.25) is 13.9 Å². The van der Waals surface area contributed by atoms with Crippen molar-refractivity contribution in [3.63, 3.8) is 0 Å². The van der Waals surface area contributed by atoms with Crippen molar-refractivity contribution in [1.82, 2.24) is 10.2 Å². The number of ether oxygens (including phenoxy) is 1. The predicted octanol–water partition coefficient (Wildman–Crippen LogP) is 5.28. The number of carbonyl (C=O) groups excluding carboxylic acids is 2. The van der Waals surface area contributed by atoms with Crippen molar-refractivity contribution in [2.24, 2.45) is 0 Å². The molecule has 0 heterocycles. The number of anilines is 1. The van der Waals surface area contributed by atoms with Crippen molar-refractivity contribution in [3.05, 3.63) is 125 Å². The minimum absolute atomic E-state index is 0.0155. The molecular formula is C35H39N3O5S. The van der Waals surface area contributed by atoms with Crippen LogP contribution in [0.4, 0.5) is 5.69 Å². The standard InChI is InChI=1S/C35H39N3O5S/c1-5-36-35(40)33(23-28-12-7-6-8-13-28)37(24-29-14-10-9-11-27(29)3)34(39)25-38(30-17-15-26(2)16-18-30)44(41,42)32-21-19-31(43-4)20-22-32/h6-22,33H,5,23-25H2,1-4H3,(H,36,40)/t33-/m0/s1. The first-order valence-corrected chi connectivity index (χ1v) is 16.0. The van der Waals surface area contributed by atoms with Crippen LogP contribution in [-0.2, 0) is 32.6 Å². The summed E-state index contributed by atoms with van der Waals surface area (Å²) in [7, 11) is -2.68. The number of rotatable bonds is 13. The Morgan fingerprint density at radius 2 is 1.48 bits per heavy atom. The number of likely N-dealkylation sites (N-methyl/N-ethyl adjacent to an activating group) is 1. The van der Waals surface area contributed by atoms with Crippen molar-refractivity contribution >= 4 is 27.5 Å². The van der Waals surface area contributed by atoms with Crippen LogP contribution >= 0.6 is 0 Å². The molecule has 0 bridgehead atoms. The van der Waals surface area contributed by atoms with E-state index in [4.69, 9.17) is 4.74 Å². The number of benzene rings is 4. The van der Waals surface area contributed by atoms with E-state index in [0.717, 1.165) is 26.6 Å². The molecule has 1 atom stereocenters. The van der Waals surface area contributed by atoms with E-state index in [-0.39, 0.29) is 23.8 Å². The van der Waals surface area contributed by atoms with E-state index in [2.05, 4.69) is 5.32 Å². The summed E-state index contributed by atoms with van der Waals surface area (Å²) in [6.07, 6.45) is 0.264. The Bertz CT molecular complexity index is 1660. The van der Waals surface area contributed by atoms with E-state index in [0.29, 0.717) is 18.0 Å². The van der Waals surface area contributed by atoms with Gasteiger partial charge in [-0.2, -0.15) is 0 Å². The van der Waals surface area contributed by atoms with Crippen LogP contribution in [0.1, 0.15) is 29.2 Å². The molecule has 230 valence electrons. The van der Waals surface area contributed by atoms with Crippen LogP contribution in [0, 0.1) is 13.8 Å². The monoisotopic (exact) mass is 613 g/mol. The van der Waals surface area contributed by atoms with Crippen LogP contribution in [-0.4, -0.2) is 51.4 Å². The summed E-state index contributed by atoms with van der Waals surface area (Å²) >= 11 is 0. The average molecular weight is 614 g/mol. The zero-order valence-electron chi connectivity index (χ0n) is 25.6. The van der Waals surface area contributed by atoms with Crippen LogP contribution < -0.4 is 14.4 Å². The summed E-state index contributed by atoms with van der Waals surface area (Å²) in [6, 6.07) is 29.3. The summed E-state index contributed by atoms with van der Waals surface area (Å²) in [6.45, 7) is 5.69. The van der Waals surface area contributed by atoms with E-state index in [1.807, 2.05) is 75.4 Å². The van der Waals surface area contributed by atoms with Crippen LogP contribution in [0.2, 0.25) is 0 Å². The van der Waals surface area contributed by atoms with Crippen molar-refractivity contribution in [1.29, 1.82) is 0 Å². The van der Waals surface area contributed by atoms with Crippen molar-refractivity contribution in [2.75, 3.05) is 24.5 Å². The smallest absolute Gasteiger partial charge is 0.264 e. The van der Waals surface area contributed by atoms with Gasteiger partial charge >= 0.3 is 0 Å². The summed E-state index contributed by atoms with van der Waals surface area (Å²) in [5, 5.41) is 2.88. The lowest BCUT2D eigenvalue weighted by Gasteiger charge is -2.34. The average Bonchev–Trinajstić information content (AvgIpc) is 3.03.